The maximum atomic E-state index is 9.91. The molecule has 5 nitrogen and oxygen atoms in total. The van der Waals surface area contributed by atoms with Crippen LogP contribution in [0, 0.1) is 6.92 Å². The van der Waals surface area contributed by atoms with E-state index in [1.54, 1.807) is 25.4 Å². The number of aliphatic hydroxyl groups is 1. The molecule has 0 fully saturated rings. The first-order valence-corrected chi connectivity index (χ1v) is 4.79. The van der Waals surface area contributed by atoms with Gasteiger partial charge in [-0.1, -0.05) is 0 Å². The van der Waals surface area contributed by atoms with E-state index in [1.165, 1.54) is 6.20 Å². The van der Waals surface area contributed by atoms with Crippen molar-refractivity contribution in [2.45, 2.75) is 13.5 Å². The minimum atomic E-state index is -0.214. The Kier molecular flexibility index (Phi) is 2.78. The monoisotopic (exact) mass is 217 g/mol. The molecule has 0 atom stereocenters. The van der Waals surface area contributed by atoms with Crippen LogP contribution in [0.5, 0.6) is 5.75 Å². The molecule has 2 rings (SSSR count). The number of aryl methyl sites for hydroxylation is 1. The first kappa shape index (κ1) is 10.5. The van der Waals surface area contributed by atoms with Crippen LogP contribution in [-0.2, 0) is 6.61 Å². The van der Waals surface area contributed by atoms with Crippen LogP contribution in [0.1, 0.15) is 11.3 Å². The summed E-state index contributed by atoms with van der Waals surface area (Å²) in [5, 5.41) is 19.1. The second-order valence-corrected chi connectivity index (χ2v) is 3.32. The zero-order valence-electron chi connectivity index (χ0n) is 8.75. The van der Waals surface area contributed by atoms with Gasteiger partial charge in [0, 0.05) is 24.2 Å². The number of nitrogens with zero attached hydrogens (tertiary/aromatic N) is 3. The van der Waals surface area contributed by atoms with Crippen molar-refractivity contribution >= 4 is 0 Å². The van der Waals surface area contributed by atoms with Gasteiger partial charge in [0.15, 0.2) is 5.82 Å². The van der Waals surface area contributed by atoms with Crippen molar-refractivity contribution in [3.8, 4) is 17.1 Å². The molecule has 16 heavy (non-hydrogen) atoms. The summed E-state index contributed by atoms with van der Waals surface area (Å²) >= 11 is 0. The van der Waals surface area contributed by atoms with Gasteiger partial charge in [-0.15, -0.1) is 0 Å². The van der Waals surface area contributed by atoms with E-state index in [4.69, 9.17) is 0 Å². The SMILES string of the molecule is Cc1ncc(CO)c(-c2ncccn2)c1O. The lowest BCUT2D eigenvalue weighted by Gasteiger charge is -2.09. The summed E-state index contributed by atoms with van der Waals surface area (Å²) < 4.78 is 0. The van der Waals surface area contributed by atoms with E-state index >= 15 is 0 Å². The molecule has 0 aromatic carbocycles. The highest BCUT2D eigenvalue weighted by Gasteiger charge is 2.15. The Morgan fingerprint density at radius 3 is 2.50 bits per heavy atom. The number of pyridine rings is 1. The van der Waals surface area contributed by atoms with Gasteiger partial charge in [0.25, 0.3) is 0 Å². The highest BCUT2D eigenvalue weighted by molar-refractivity contribution is 5.68. The molecule has 2 aromatic heterocycles. The number of rotatable bonds is 2. The second-order valence-electron chi connectivity index (χ2n) is 3.32. The van der Waals surface area contributed by atoms with E-state index in [1.807, 2.05) is 0 Å². The third-order valence-corrected chi connectivity index (χ3v) is 2.27. The Balaban J connectivity index is 2.67. The van der Waals surface area contributed by atoms with Crippen LogP contribution in [-0.4, -0.2) is 25.2 Å². The molecule has 0 amide bonds. The maximum absolute atomic E-state index is 9.91. The lowest BCUT2D eigenvalue weighted by molar-refractivity contribution is 0.281. The predicted molar refractivity (Wildman–Crippen MR) is 57.6 cm³/mol. The molecule has 0 aliphatic rings. The van der Waals surface area contributed by atoms with Crippen LogP contribution in [0.25, 0.3) is 11.4 Å². The Morgan fingerprint density at radius 2 is 1.88 bits per heavy atom. The van der Waals surface area contributed by atoms with Gasteiger partial charge in [0.1, 0.15) is 5.75 Å². The number of aromatic nitrogens is 3. The zero-order valence-corrected chi connectivity index (χ0v) is 8.75. The number of aromatic hydroxyl groups is 1. The standard InChI is InChI=1S/C11H11N3O2/c1-7-10(16)9(8(6-15)5-14-7)11-12-3-2-4-13-11/h2-5,15-16H,6H2,1H3. The summed E-state index contributed by atoms with van der Waals surface area (Å²) in [6.45, 7) is 1.47. The highest BCUT2D eigenvalue weighted by Crippen LogP contribution is 2.31. The van der Waals surface area contributed by atoms with Crippen molar-refractivity contribution in [3.63, 3.8) is 0 Å². The topological polar surface area (TPSA) is 79.1 Å². The predicted octanol–water partition coefficient (Wildman–Crippen LogP) is 1.04. The molecule has 2 N–H and O–H groups in total. The quantitative estimate of drug-likeness (QED) is 0.785. The molecule has 82 valence electrons. The van der Waals surface area contributed by atoms with Gasteiger partial charge >= 0.3 is 0 Å². The summed E-state index contributed by atoms with van der Waals surface area (Å²) in [6.07, 6.45) is 4.68. The summed E-state index contributed by atoms with van der Waals surface area (Å²) in [5.41, 5.74) is 1.43. The van der Waals surface area contributed by atoms with Crippen LogP contribution in [0.2, 0.25) is 0 Å². The fraction of sp³-hybridized carbons (Fsp3) is 0.182. The molecular weight excluding hydrogens is 206 g/mol. The van der Waals surface area contributed by atoms with Crippen LogP contribution in [0.15, 0.2) is 24.7 Å². The zero-order chi connectivity index (χ0) is 11.5. The van der Waals surface area contributed by atoms with Crippen LogP contribution in [0.4, 0.5) is 0 Å². The summed E-state index contributed by atoms with van der Waals surface area (Å²) in [5.74, 6) is 0.396. The Labute approximate surface area is 92.5 Å². The van der Waals surface area contributed by atoms with Crippen molar-refractivity contribution in [3.05, 3.63) is 35.9 Å². The Morgan fingerprint density at radius 1 is 1.19 bits per heavy atom. The minimum absolute atomic E-state index is 0.0118. The van der Waals surface area contributed by atoms with Gasteiger partial charge in [-0.3, -0.25) is 4.98 Å². The molecule has 2 heterocycles. The Hall–Kier alpha value is -2.01. The van der Waals surface area contributed by atoms with Gasteiger partial charge in [-0.2, -0.15) is 0 Å². The fourth-order valence-corrected chi connectivity index (χ4v) is 1.43. The fourth-order valence-electron chi connectivity index (χ4n) is 1.43. The smallest absolute Gasteiger partial charge is 0.163 e. The summed E-state index contributed by atoms with van der Waals surface area (Å²) in [7, 11) is 0. The average Bonchev–Trinajstić information content (AvgIpc) is 2.33. The van der Waals surface area contributed by atoms with Gasteiger partial charge < -0.3 is 10.2 Å². The first-order valence-electron chi connectivity index (χ1n) is 4.79. The molecule has 0 radical (unpaired) electrons. The van der Waals surface area contributed by atoms with Crippen molar-refractivity contribution in [1.29, 1.82) is 0 Å². The lowest BCUT2D eigenvalue weighted by Crippen LogP contribution is -1.97. The van der Waals surface area contributed by atoms with Crippen molar-refractivity contribution in [2.75, 3.05) is 0 Å². The van der Waals surface area contributed by atoms with Crippen LogP contribution >= 0.6 is 0 Å². The molecular formula is C11H11N3O2. The lowest BCUT2D eigenvalue weighted by atomic mass is 10.1. The van der Waals surface area contributed by atoms with E-state index in [-0.39, 0.29) is 12.4 Å². The molecule has 0 spiro atoms. The van der Waals surface area contributed by atoms with Crippen molar-refractivity contribution < 1.29 is 10.2 Å². The van der Waals surface area contributed by atoms with Gasteiger partial charge in [-0.25, -0.2) is 9.97 Å². The molecule has 2 aromatic rings. The van der Waals surface area contributed by atoms with Gasteiger partial charge in [0.05, 0.1) is 17.9 Å². The molecule has 0 saturated carbocycles. The number of hydrogen-bond donors (Lipinski definition) is 2. The van der Waals surface area contributed by atoms with Crippen LogP contribution in [0.3, 0.4) is 0 Å². The van der Waals surface area contributed by atoms with Crippen molar-refractivity contribution in [1.82, 2.24) is 15.0 Å². The molecule has 0 aliphatic carbocycles. The number of aliphatic hydroxyl groups excluding tert-OH is 1. The molecule has 0 bridgehead atoms. The second kappa shape index (κ2) is 4.24. The molecule has 0 aliphatic heterocycles. The number of hydrogen-bond acceptors (Lipinski definition) is 5. The average molecular weight is 217 g/mol. The van der Waals surface area contributed by atoms with Gasteiger partial charge in [-0.05, 0) is 13.0 Å². The largest absolute Gasteiger partial charge is 0.505 e. The minimum Gasteiger partial charge on any atom is -0.505 e. The third-order valence-electron chi connectivity index (χ3n) is 2.27. The molecule has 0 unspecified atom stereocenters. The van der Waals surface area contributed by atoms with E-state index in [9.17, 15) is 10.2 Å². The molecule has 0 saturated heterocycles. The van der Waals surface area contributed by atoms with E-state index in [2.05, 4.69) is 15.0 Å². The van der Waals surface area contributed by atoms with Gasteiger partial charge in [0.2, 0.25) is 0 Å². The molecule has 5 heteroatoms. The normalized spacial score (nSPS) is 10.4. The van der Waals surface area contributed by atoms with E-state index in [0.717, 1.165) is 0 Å². The maximum Gasteiger partial charge on any atom is 0.163 e. The first-order chi connectivity index (χ1) is 7.74. The summed E-state index contributed by atoms with van der Waals surface area (Å²) in [4.78, 5) is 12.1. The van der Waals surface area contributed by atoms with E-state index < -0.39 is 0 Å². The highest BCUT2D eigenvalue weighted by atomic mass is 16.3. The third kappa shape index (κ3) is 1.72. The van der Waals surface area contributed by atoms with E-state index in [0.29, 0.717) is 22.6 Å². The Bertz CT molecular complexity index is 500. The summed E-state index contributed by atoms with van der Waals surface area (Å²) in [6, 6.07) is 1.69. The van der Waals surface area contributed by atoms with Crippen molar-refractivity contribution in [2.24, 2.45) is 0 Å². The van der Waals surface area contributed by atoms with Crippen LogP contribution < -0.4 is 0 Å².